The standard InChI is InChI=1S/C12H7BCl4O3/c14-7-3-1-5-9(11(7)16)19-13(18)20-10-6-2-4-8(15)12(10)17/h1-6,18H. The Morgan fingerprint density at radius 1 is 0.750 bits per heavy atom. The van der Waals surface area contributed by atoms with E-state index in [-0.39, 0.29) is 21.5 Å². The van der Waals surface area contributed by atoms with E-state index in [1.807, 2.05) is 0 Å². The van der Waals surface area contributed by atoms with Crippen LogP contribution in [0, 0.1) is 0 Å². The van der Waals surface area contributed by atoms with Gasteiger partial charge in [0.1, 0.15) is 11.5 Å². The summed E-state index contributed by atoms with van der Waals surface area (Å²) in [5, 5.41) is 10.7. The monoisotopic (exact) mass is 350 g/mol. The van der Waals surface area contributed by atoms with E-state index in [0.29, 0.717) is 10.0 Å². The van der Waals surface area contributed by atoms with E-state index in [1.54, 1.807) is 36.4 Å². The van der Waals surface area contributed by atoms with Gasteiger partial charge in [0, 0.05) is 0 Å². The average Bonchev–Trinajstić information content (AvgIpc) is 2.40. The quantitative estimate of drug-likeness (QED) is 0.809. The van der Waals surface area contributed by atoms with Gasteiger partial charge in [-0.3, -0.25) is 0 Å². The second kappa shape index (κ2) is 6.79. The van der Waals surface area contributed by atoms with Crippen molar-refractivity contribution in [1.82, 2.24) is 0 Å². The summed E-state index contributed by atoms with van der Waals surface area (Å²) in [6.45, 7) is 0. The maximum atomic E-state index is 9.74. The molecule has 104 valence electrons. The summed E-state index contributed by atoms with van der Waals surface area (Å²) < 4.78 is 10.3. The van der Waals surface area contributed by atoms with Gasteiger partial charge in [0.05, 0.1) is 20.1 Å². The van der Waals surface area contributed by atoms with Crippen molar-refractivity contribution in [3.05, 3.63) is 56.5 Å². The maximum Gasteiger partial charge on any atom is 0.785 e. The van der Waals surface area contributed by atoms with Crippen molar-refractivity contribution < 1.29 is 14.3 Å². The molecule has 0 aliphatic carbocycles. The predicted octanol–water partition coefficient (Wildman–Crippen LogP) is 4.74. The molecule has 0 amide bonds. The summed E-state index contributed by atoms with van der Waals surface area (Å²) in [4.78, 5) is 0. The minimum absolute atomic E-state index is 0.175. The molecular weight excluding hydrogens is 345 g/mol. The van der Waals surface area contributed by atoms with Crippen LogP contribution in [-0.4, -0.2) is 12.3 Å². The minimum atomic E-state index is -1.61. The van der Waals surface area contributed by atoms with E-state index in [0.717, 1.165) is 0 Å². The highest BCUT2D eigenvalue weighted by Crippen LogP contribution is 2.34. The van der Waals surface area contributed by atoms with E-state index in [1.165, 1.54) is 0 Å². The lowest BCUT2D eigenvalue weighted by atomic mass is 10.2. The van der Waals surface area contributed by atoms with Crippen LogP contribution in [0.3, 0.4) is 0 Å². The molecule has 8 heteroatoms. The highest BCUT2D eigenvalue weighted by Gasteiger charge is 2.24. The Bertz CT molecular complexity index is 570. The largest absolute Gasteiger partial charge is 0.785 e. The zero-order chi connectivity index (χ0) is 14.7. The van der Waals surface area contributed by atoms with Crippen LogP contribution in [0.15, 0.2) is 36.4 Å². The first-order valence-electron chi connectivity index (χ1n) is 5.38. The molecule has 2 rings (SSSR count). The Balaban J connectivity index is 2.11. The Morgan fingerprint density at radius 2 is 1.15 bits per heavy atom. The van der Waals surface area contributed by atoms with Gasteiger partial charge in [-0.1, -0.05) is 58.5 Å². The van der Waals surface area contributed by atoms with Crippen LogP contribution in [0.25, 0.3) is 0 Å². The van der Waals surface area contributed by atoms with Gasteiger partial charge >= 0.3 is 7.32 Å². The first-order chi connectivity index (χ1) is 9.49. The number of halogens is 4. The topological polar surface area (TPSA) is 38.7 Å². The smallest absolute Gasteiger partial charge is 0.500 e. The molecule has 0 bridgehead atoms. The first-order valence-corrected chi connectivity index (χ1v) is 6.89. The molecule has 0 atom stereocenters. The van der Waals surface area contributed by atoms with Gasteiger partial charge in [-0.2, -0.15) is 0 Å². The second-order valence-corrected chi connectivity index (χ2v) is 5.22. The summed E-state index contributed by atoms with van der Waals surface area (Å²) in [6.07, 6.45) is 0. The van der Waals surface area contributed by atoms with Gasteiger partial charge < -0.3 is 14.3 Å². The Kier molecular flexibility index (Phi) is 5.30. The maximum absolute atomic E-state index is 9.74. The van der Waals surface area contributed by atoms with E-state index in [9.17, 15) is 5.02 Å². The molecule has 0 spiro atoms. The Hall–Kier alpha value is -0.775. The van der Waals surface area contributed by atoms with Crippen LogP contribution >= 0.6 is 46.4 Å². The lowest BCUT2D eigenvalue weighted by Crippen LogP contribution is -2.29. The van der Waals surface area contributed by atoms with Crippen LogP contribution in [0.4, 0.5) is 0 Å². The molecule has 0 saturated heterocycles. The van der Waals surface area contributed by atoms with Gasteiger partial charge in [0.15, 0.2) is 0 Å². The summed E-state index contributed by atoms with van der Waals surface area (Å²) in [6, 6.07) is 9.53. The minimum Gasteiger partial charge on any atom is -0.500 e. The van der Waals surface area contributed by atoms with Crippen LogP contribution in [0.2, 0.25) is 20.1 Å². The highest BCUT2D eigenvalue weighted by molar-refractivity contribution is 6.45. The Morgan fingerprint density at radius 3 is 1.55 bits per heavy atom. The molecule has 3 nitrogen and oxygen atoms in total. The fraction of sp³-hybridized carbons (Fsp3) is 0. The summed E-state index contributed by atoms with van der Waals surface area (Å²) in [5.74, 6) is 0.370. The van der Waals surface area contributed by atoms with Crippen molar-refractivity contribution in [1.29, 1.82) is 0 Å². The fourth-order valence-corrected chi connectivity index (χ4v) is 2.06. The lowest BCUT2D eigenvalue weighted by molar-refractivity contribution is 0.298. The normalized spacial score (nSPS) is 10.2. The predicted molar refractivity (Wildman–Crippen MR) is 82.2 cm³/mol. The van der Waals surface area contributed by atoms with Crippen molar-refractivity contribution in [3.63, 3.8) is 0 Å². The molecule has 20 heavy (non-hydrogen) atoms. The number of rotatable bonds is 4. The molecule has 0 fully saturated rings. The van der Waals surface area contributed by atoms with Crippen molar-refractivity contribution in [2.75, 3.05) is 0 Å². The van der Waals surface area contributed by atoms with E-state index < -0.39 is 7.32 Å². The molecule has 0 unspecified atom stereocenters. The van der Waals surface area contributed by atoms with Crippen LogP contribution in [-0.2, 0) is 0 Å². The highest BCUT2D eigenvalue weighted by atomic mass is 35.5. The first kappa shape index (κ1) is 15.6. The van der Waals surface area contributed by atoms with Gasteiger partial charge in [-0.05, 0) is 24.3 Å². The van der Waals surface area contributed by atoms with Crippen molar-refractivity contribution in [3.8, 4) is 11.5 Å². The average molecular weight is 352 g/mol. The third-order valence-electron chi connectivity index (χ3n) is 2.29. The van der Waals surface area contributed by atoms with Gasteiger partial charge in [-0.25, -0.2) is 0 Å². The summed E-state index contributed by atoms with van der Waals surface area (Å²) in [5.41, 5.74) is 0. The molecule has 1 N–H and O–H groups in total. The molecule has 0 radical (unpaired) electrons. The van der Waals surface area contributed by atoms with Gasteiger partial charge in [0.2, 0.25) is 0 Å². The van der Waals surface area contributed by atoms with Crippen molar-refractivity contribution in [2.45, 2.75) is 0 Å². The van der Waals surface area contributed by atoms with E-state index in [4.69, 9.17) is 55.7 Å². The zero-order valence-electron chi connectivity index (χ0n) is 9.82. The number of hydrogen-bond donors (Lipinski definition) is 1. The lowest BCUT2D eigenvalue weighted by Gasteiger charge is -2.13. The van der Waals surface area contributed by atoms with Crippen molar-refractivity contribution >= 4 is 53.7 Å². The van der Waals surface area contributed by atoms with Crippen LogP contribution < -0.4 is 9.31 Å². The van der Waals surface area contributed by atoms with Gasteiger partial charge in [-0.15, -0.1) is 0 Å². The molecule has 2 aromatic carbocycles. The van der Waals surface area contributed by atoms with E-state index >= 15 is 0 Å². The van der Waals surface area contributed by atoms with Crippen molar-refractivity contribution in [2.24, 2.45) is 0 Å². The van der Waals surface area contributed by atoms with Crippen LogP contribution in [0.1, 0.15) is 0 Å². The molecule has 0 aliphatic heterocycles. The second-order valence-electron chi connectivity index (χ2n) is 3.65. The molecule has 0 aromatic heterocycles. The molecule has 0 heterocycles. The Labute approximate surface area is 136 Å². The zero-order valence-corrected chi connectivity index (χ0v) is 12.8. The third-order valence-corrected chi connectivity index (χ3v) is 3.89. The van der Waals surface area contributed by atoms with E-state index in [2.05, 4.69) is 0 Å². The molecular formula is C12H7BCl4O3. The molecule has 2 aromatic rings. The van der Waals surface area contributed by atoms with Crippen LogP contribution in [0.5, 0.6) is 11.5 Å². The summed E-state index contributed by atoms with van der Waals surface area (Å²) >= 11 is 23.5. The third kappa shape index (κ3) is 3.65. The number of benzene rings is 2. The number of hydrogen-bond acceptors (Lipinski definition) is 3. The van der Waals surface area contributed by atoms with Gasteiger partial charge in [0.25, 0.3) is 0 Å². The SMILES string of the molecule is OB(Oc1cccc(Cl)c1Cl)Oc1cccc(Cl)c1Cl. The molecule has 0 aliphatic rings. The fourth-order valence-electron chi connectivity index (χ4n) is 1.39. The summed E-state index contributed by atoms with van der Waals surface area (Å²) in [7, 11) is -1.61. The molecule has 0 saturated carbocycles.